The molecular formula is C13H11FN4O2S. The first-order chi connectivity index (χ1) is 9.81. The third-order valence-electron chi connectivity index (χ3n) is 2.70. The molecular weight excluding hydrogens is 295 g/mol. The lowest BCUT2D eigenvalue weighted by Crippen LogP contribution is -2.14. The first-order valence-electron chi connectivity index (χ1n) is 5.70. The summed E-state index contributed by atoms with van der Waals surface area (Å²) in [5.41, 5.74) is 6.55. The van der Waals surface area contributed by atoms with Gasteiger partial charge < -0.3 is 11.1 Å². The van der Waals surface area contributed by atoms with E-state index < -0.39 is 15.8 Å². The lowest BCUT2D eigenvalue weighted by atomic mass is 10.1. The van der Waals surface area contributed by atoms with Gasteiger partial charge >= 0.3 is 0 Å². The maximum atomic E-state index is 13.0. The van der Waals surface area contributed by atoms with Crippen LogP contribution in [0.1, 0.15) is 5.56 Å². The number of nitrogen functional groups attached to an aromatic ring is 1. The fourth-order valence-corrected chi connectivity index (χ4v) is 2.40. The summed E-state index contributed by atoms with van der Waals surface area (Å²) in [6.45, 7) is 0. The van der Waals surface area contributed by atoms with Gasteiger partial charge in [0.2, 0.25) is 10.0 Å². The maximum Gasteiger partial charge on any atom is 0.240 e. The van der Waals surface area contributed by atoms with E-state index in [1.165, 1.54) is 30.3 Å². The summed E-state index contributed by atoms with van der Waals surface area (Å²) in [4.78, 5) is -0.187. The molecule has 108 valence electrons. The fraction of sp³-hybridized carbons (Fsp3) is 0. The molecule has 0 aliphatic carbocycles. The van der Waals surface area contributed by atoms with E-state index in [1.54, 1.807) is 0 Å². The van der Waals surface area contributed by atoms with Crippen LogP contribution in [0, 0.1) is 17.1 Å². The number of sulfonamides is 1. The second-order valence-electron chi connectivity index (χ2n) is 4.22. The molecule has 0 radical (unpaired) electrons. The van der Waals surface area contributed by atoms with Crippen molar-refractivity contribution in [2.24, 2.45) is 5.14 Å². The lowest BCUT2D eigenvalue weighted by Gasteiger charge is -2.10. The van der Waals surface area contributed by atoms with E-state index in [0.717, 1.165) is 6.07 Å². The molecule has 0 fully saturated rings. The number of hydrogen-bond acceptors (Lipinski definition) is 5. The van der Waals surface area contributed by atoms with Gasteiger partial charge in [-0.2, -0.15) is 5.26 Å². The normalized spacial score (nSPS) is 10.9. The molecule has 2 aromatic rings. The molecule has 6 nitrogen and oxygen atoms in total. The first-order valence-corrected chi connectivity index (χ1v) is 7.25. The first kappa shape index (κ1) is 14.8. The van der Waals surface area contributed by atoms with Crippen molar-refractivity contribution in [1.82, 2.24) is 0 Å². The van der Waals surface area contributed by atoms with E-state index in [4.69, 9.17) is 16.1 Å². The number of halogens is 1. The van der Waals surface area contributed by atoms with Crippen molar-refractivity contribution < 1.29 is 12.8 Å². The van der Waals surface area contributed by atoms with Gasteiger partial charge in [0.15, 0.2) is 0 Å². The van der Waals surface area contributed by atoms with Crippen molar-refractivity contribution in [2.75, 3.05) is 11.1 Å². The molecule has 0 aromatic heterocycles. The third kappa shape index (κ3) is 3.28. The topological polar surface area (TPSA) is 122 Å². The molecule has 0 heterocycles. The molecule has 21 heavy (non-hydrogen) atoms. The summed E-state index contributed by atoms with van der Waals surface area (Å²) in [6.07, 6.45) is 0. The van der Waals surface area contributed by atoms with Crippen LogP contribution in [-0.2, 0) is 10.0 Å². The number of nitrogens with one attached hydrogen (secondary N) is 1. The monoisotopic (exact) mass is 306 g/mol. The average molecular weight is 306 g/mol. The molecule has 0 unspecified atom stereocenters. The number of primary sulfonamides is 1. The zero-order valence-electron chi connectivity index (χ0n) is 10.7. The number of nitrogens with zero attached hydrogens (tertiary/aromatic N) is 1. The highest BCUT2D eigenvalue weighted by Gasteiger charge is 2.13. The van der Waals surface area contributed by atoms with Crippen molar-refractivity contribution in [1.29, 1.82) is 5.26 Å². The van der Waals surface area contributed by atoms with Crippen LogP contribution in [0.5, 0.6) is 0 Å². The minimum Gasteiger partial charge on any atom is -0.398 e. The molecule has 0 amide bonds. The number of rotatable bonds is 3. The van der Waals surface area contributed by atoms with E-state index >= 15 is 0 Å². The van der Waals surface area contributed by atoms with E-state index in [9.17, 15) is 12.8 Å². The Morgan fingerprint density at radius 1 is 1.19 bits per heavy atom. The predicted molar refractivity (Wildman–Crippen MR) is 76.6 cm³/mol. The van der Waals surface area contributed by atoms with Crippen LogP contribution < -0.4 is 16.2 Å². The molecule has 0 saturated heterocycles. The van der Waals surface area contributed by atoms with Crippen molar-refractivity contribution in [2.45, 2.75) is 4.90 Å². The number of hydrogen-bond donors (Lipinski definition) is 3. The third-order valence-corrected chi connectivity index (χ3v) is 3.68. The van der Waals surface area contributed by atoms with Crippen molar-refractivity contribution in [3.05, 3.63) is 47.8 Å². The van der Waals surface area contributed by atoms with E-state index in [0.29, 0.717) is 11.4 Å². The van der Waals surface area contributed by atoms with Crippen LogP contribution in [0.3, 0.4) is 0 Å². The second kappa shape index (κ2) is 5.40. The number of nitrogens with two attached hydrogens (primary N) is 2. The Hall–Kier alpha value is -2.63. The van der Waals surface area contributed by atoms with Gasteiger partial charge in [0.1, 0.15) is 16.8 Å². The van der Waals surface area contributed by atoms with Gasteiger partial charge in [-0.15, -0.1) is 0 Å². The van der Waals surface area contributed by atoms with E-state index in [-0.39, 0.29) is 16.1 Å². The molecule has 5 N–H and O–H groups in total. The van der Waals surface area contributed by atoms with E-state index in [2.05, 4.69) is 5.32 Å². The van der Waals surface area contributed by atoms with Gasteiger partial charge in [0.05, 0.1) is 16.9 Å². The highest BCUT2D eigenvalue weighted by Crippen LogP contribution is 2.26. The van der Waals surface area contributed by atoms with Crippen LogP contribution in [0.15, 0.2) is 41.3 Å². The molecule has 0 saturated carbocycles. The van der Waals surface area contributed by atoms with Gasteiger partial charge in [0.25, 0.3) is 0 Å². The predicted octanol–water partition coefficient (Wildman–Crippen LogP) is 1.67. The molecule has 0 aliphatic rings. The highest BCUT2D eigenvalue weighted by atomic mass is 32.2. The SMILES string of the molecule is N#Cc1cc(F)ccc1Nc1ccc(S(N)(=O)=O)c(N)c1. The quantitative estimate of drug-likeness (QED) is 0.744. The maximum absolute atomic E-state index is 13.0. The Bertz CT molecular complexity index is 844. The Balaban J connectivity index is 2.38. The average Bonchev–Trinajstić information content (AvgIpc) is 2.39. The summed E-state index contributed by atoms with van der Waals surface area (Å²) < 4.78 is 35.5. The van der Waals surface area contributed by atoms with Crippen molar-refractivity contribution in [3.63, 3.8) is 0 Å². The second-order valence-corrected chi connectivity index (χ2v) is 5.75. The van der Waals surface area contributed by atoms with Crippen LogP contribution >= 0.6 is 0 Å². The fourth-order valence-electron chi connectivity index (χ4n) is 1.76. The molecule has 2 rings (SSSR count). The van der Waals surface area contributed by atoms with E-state index in [1.807, 2.05) is 6.07 Å². The summed E-state index contributed by atoms with van der Waals surface area (Å²) in [5, 5.41) is 16.8. The van der Waals surface area contributed by atoms with Crippen LogP contribution in [0.4, 0.5) is 21.5 Å². The lowest BCUT2D eigenvalue weighted by molar-refractivity contribution is 0.598. The summed E-state index contributed by atoms with van der Waals surface area (Å²) in [5.74, 6) is -0.527. The van der Waals surface area contributed by atoms with Gasteiger partial charge in [-0.05, 0) is 36.4 Å². The zero-order chi connectivity index (χ0) is 15.6. The van der Waals surface area contributed by atoms with Crippen molar-refractivity contribution >= 4 is 27.1 Å². The molecule has 8 heteroatoms. The molecule has 0 spiro atoms. The Morgan fingerprint density at radius 2 is 1.90 bits per heavy atom. The Kier molecular flexibility index (Phi) is 3.80. The molecule has 0 atom stereocenters. The smallest absolute Gasteiger partial charge is 0.240 e. The van der Waals surface area contributed by atoms with Crippen molar-refractivity contribution in [3.8, 4) is 6.07 Å². The number of benzene rings is 2. The van der Waals surface area contributed by atoms with Crippen LogP contribution in [-0.4, -0.2) is 8.42 Å². The Morgan fingerprint density at radius 3 is 2.48 bits per heavy atom. The Labute approximate surface area is 120 Å². The largest absolute Gasteiger partial charge is 0.398 e. The summed E-state index contributed by atoms with van der Waals surface area (Å²) in [7, 11) is -3.90. The minimum absolute atomic E-state index is 0.0249. The van der Waals surface area contributed by atoms with Crippen LogP contribution in [0.25, 0.3) is 0 Å². The zero-order valence-corrected chi connectivity index (χ0v) is 11.5. The number of nitriles is 1. The number of anilines is 3. The van der Waals surface area contributed by atoms with Gasteiger partial charge in [-0.1, -0.05) is 0 Å². The molecule has 2 aromatic carbocycles. The minimum atomic E-state index is -3.90. The van der Waals surface area contributed by atoms with Gasteiger partial charge in [0, 0.05) is 5.69 Å². The highest BCUT2D eigenvalue weighted by molar-refractivity contribution is 7.89. The molecule has 0 aliphatic heterocycles. The standard InChI is InChI=1S/C13H11FN4O2S/c14-9-1-3-12(8(5-9)7-15)18-10-2-4-13(11(16)6-10)21(17,19)20/h1-6,18H,16H2,(H2,17,19,20). The summed E-state index contributed by atoms with van der Waals surface area (Å²) in [6, 6.07) is 9.61. The summed E-state index contributed by atoms with van der Waals surface area (Å²) >= 11 is 0. The van der Waals surface area contributed by atoms with Gasteiger partial charge in [-0.25, -0.2) is 17.9 Å². The van der Waals surface area contributed by atoms with Crippen LogP contribution in [0.2, 0.25) is 0 Å². The molecule has 0 bridgehead atoms. The van der Waals surface area contributed by atoms with Gasteiger partial charge in [-0.3, -0.25) is 0 Å².